The van der Waals surface area contributed by atoms with Crippen LogP contribution >= 0.6 is 28.1 Å². The van der Waals surface area contributed by atoms with E-state index in [9.17, 15) is 4.79 Å². The molecule has 0 fully saturated rings. The lowest BCUT2D eigenvalue weighted by Crippen LogP contribution is -2.45. The molecule has 116 valence electrons. The number of benzene rings is 1. The second-order valence-corrected chi connectivity index (χ2v) is 5.61. The van der Waals surface area contributed by atoms with Gasteiger partial charge in [0.25, 0.3) is 5.91 Å². The third kappa shape index (κ3) is 5.61. The van der Waals surface area contributed by atoms with Gasteiger partial charge in [-0.25, -0.2) is 0 Å². The van der Waals surface area contributed by atoms with Crippen LogP contribution in [-0.4, -0.2) is 35.4 Å². The van der Waals surface area contributed by atoms with Gasteiger partial charge in [-0.2, -0.15) is 0 Å². The lowest BCUT2D eigenvalue weighted by Gasteiger charge is -2.17. The molecule has 0 saturated heterocycles. The Hall–Kier alpha value is -1.18. The van der Waals surface area contributed by atoms with E-state index in [1.165, 1.54) is 0 Å². The summed E-state index contributed by atoms with van der Waals surface area (Å²) < 4.78 is 6.21. The van der Waals surface area contributed by atoms with Crippen molar-refractivity contribution in [1.29, 1.82) is 0 Å². The molecule has 1 rings (SSSR count). The molecule has 0 aromatic heterocycles. The topological polar surface area (TPSA) is 70.6 Å². The summed E-state index contributed by atoms with van der Waals surface area (Å²) >= 11 is 8.40. The van der Waals surface area contributed by atoms with Crippen LogP contribution in [0.5, 0.6) is 5.75 Å². The fourth-order valence-corrected chi connectivity index (χ4v) is 2.25. The maximum atomic E-state index is 12.3. The number of amides is 1. The smallest absolute Gasteiger partial charge is 0.261 e. The van der Waals surface area contributed by atoms with Crippen LogP contribution in [-0.2, 0) is 0 Å². The molecule has 21 heavy (non-hydrogen) atoms. The summed E-state index contributed by atoms with van der Waals surface area (Å²) in [6.07, 6.45) is 0.702. The van der Waals surface area contributed by atoms with Gasteiger partial charge in [-0.15, -0.1) is 0 Å². The monoisotopic (exact) mass is 374 g/mol. The summed E-state index contributed by atoms with van der Waals surface area (Å²) in [5, 5.41) is 14.8. The van der Waals surface area contributed by atoms with Crippen molar-refractivity contribution < 1.29 is 14.6 Å². The molecule has 0 radical (unpaired) electrons. The number of nitrogens with one attached hydrogen (secondary N) is 2. The Kier molecular flexibility index (Phi) is 7.63. The van der Waals surface area contributed by atoms with Crippen LogP contribution in [0.1, 0.15) is 30.6 Å². The van der Waals surface area contributed by atoms with E-state index in [4.69, 9.17) is 22.1 Å². The van der Waals surface area contributed by atoms with E-state index >= 15 is 0 Å². The Labute approximate surface area is 138 Å². The minimum atomic E-state index is -0.356. The first-order valence-corrected chi connectivity index (χ1v) is 7.86. The molecule has 1 aromatic rings. The van der Waals surface area contributed by atoms with Crippen molar-refractivity contribution in [3.8, 4) is 5.75 Å². The second-order valence-electron chi connectivity index (χ2n) is 4.29. The Bertz CT molecular complexity index is 507. The highest BCUT2D eigenvalue weighted by atomic mass is 79.9. The Morgan fingerprint density at radius 3 is 2.76 bits per heavy atom. The molecule has 3 N–H and O–H groups in total. The van der Waals surface area contributed by atoms with Crippen LogP contribution in [0, 0.1) is 0 Å². The van der Waals surface area contributed by atoms with Crippen molar-refractivity contribution in [1.82, 2.24) is 10.6 Å². The van der Waals surface area contributed by atoms with Crippen molar-refractivity contribution in [3.05, 3.63) is 28.2 Å². The van der Waals surface area contributed by atoms with E-state index in [1.54, 1.807) is 18.2 Å². The quantitative estimate of drug-likeness (QED) is 0.666. The van der Waals surface area contributed by atoms with Crippen LogP contribution in [0.4, 0.5) is 0 Å². The number of aliphatic hydroxyl groups excluding tert-OH is 1. The lowest BCUT2D eigenvalue weighted by atomic mass is 10.2. The molecule has 0 aliphatic carbocycles. The number of hydrogen-bond acceptors (Lipinski definition) is 4. The van der Waals surface area contributed by atoms with Crippen LogP contribution in [0.25, 0.3) is 0 Å². The maximum absolute atomic E-state index is 12.3. The van der Waals surface area contributed by atoms with Crippen molar-refractivity contribution in [2.24, 2.45) is 0 Å². The second kappa shape index (κ2) is 8.96. The van der Waals surface area contributed by atoms with Gasteiger partial charge in [-0.05, 0) is 43.8 Å². The first-order chi connectivity index (χ1) is 10.0. The van der Waals surface area contributed by atoms with Gasteiger partial charge in [0.1, 0.15) is 5.75 Å². The van der Waals surface area contributed by atoms with Crippen LogP contribution in [0.2, 0.25) is 0 Å². The van der Waals surface area contributed by atoms with Crippen molar-refractivity contribution in [2.45, 2.75) is 26.3 Å². The zero-order valence-electron chi connectivity index (χ0n) is 12.0. The van der Waals surface area contributed by atoms with Gasteiger partial charge in [0, 0.05) is 4.47 Å². The summed E-state index contributed by atoms with van der Waals surface area (Å²) in [6, 6.07) is 5.03. The van der Waals surface area contributed by atoms with Gasteiger partial charge in [0.05, 0.1) is 24.8 Å². The predicted octanol–water partition coefficient (Wildman–Crippen LogP) is 2.22. The molecule has 0 heterocycles. The molecule has 0 aliphatic heterocycles. The van der Waals surface area contributed by atoms with Crippen molar-refractivity contribution >= 4 is 39.2 Å². The molecule has 1 aromatic carbocycles. The average molecular weight is 375 g/mol. The molecule has 5 nitrogen and oxygen atoms in total. The van der Waals surface area contributed by atoms with E-state index in [1.807, 2.05) is 13.8 Å². The molecule has 7 heteroatoms. The van der Waals surface area contributed by atoms with E-state index in [0.29, 0.717) is 24.3 Å². The lowest BCUT2D eigenvalue weighted by molar-refractivity contribution is 0.0972. The van der Waals surface area contributed by atoms with Gasteiger partial charge in [0.2, 0.25) is 0 Å². The van der Waals surface area contributed by atoms with Gasteiger partial charge < -0.3 is 15.2 Å². The molecule has 1 amide bonds. The largest absolute Gasteiger partial charge is 0.493 e. The van der Waals surface area contributed by atoms with Gasteiger partial charge >= 0.3 is 0 Å². The number of rotatable bonds is 6. The third-order valence-electron chi connectivity index (χ3n) is 2.76. The first kappa shape index (κ1) is 17.9. The average Bonchev–Trinajstić information content (AvgIpc) is 2.46. The van der Waals surface area contributed by atoms with E-state index in [2.05, 4.69) is 26.6 Å². The first-order valence-electron chi connectivity index (χ1n) is 6.66. The summed E-state index contributed by atoms with van der Waals surface area (Å²) in [5.41, 5.74) is 0.396. The number of ether oxygens (including phenoxy) is 1. The van der Waals surface area contributed by atoms with E-state index < -0.39 is 0 Å². The van der Waals surface area contributed by atoms with Crippen LogP contribution in [0.3, 0.4) is 0 Å². The van der Waals surface area contributed by atoms with Crippen LogP contribution in [0.15, 0.2) is 22.7 Å². The molecule has 1 atom stereocenters. The number of thiocarbonyl (C=S) groups is 1. The Morgan fingerprint density at radius 2 is 2.19 bits per heavy atom. The molecule has 1 unspecified atom stereocenters. The summed E-state index contributed by atoms with van der Waals surface area (Å²) in [6.45, 7) is 4.18. The fraction of sp³-hybridized carbons (Fsp3) is 0.429. The minimum Gasteiger partial charge on any atom is -0.493 e. The molecule has 0 saturated carbocycles. The maximum Gasteiger partial charge on any atom is 0.261 e. The normalized spacial score (nSPS) is 11.6. The predicted molar refractivity (Wildman–Crippen MR) is 89.7 cm³/mol. The van der Waals surface area contributed by atoms with Gasteiger partial charge in [0.15, 0.2) is 5.11 Å². The highest BCUT2D eigenvalue weighted by Gasteiger charge is 2.15. The Balaban J connectivity index is 2.79. The number of carbonyl (C=O) groups is 1. The highest BCUT2D eigenvalue weighted by Crippen LogP contribution is 2.23. The molecule has 0 bridgehead atoms. The van der Waals surface area contributed by atoms with Crippen molar-refractivity contribution in [2.75, 3.05) is 13.2 Å². The van der Waals surface area contributed by atoms with Crippen molar-refractivity contribution in [3.63, 3.8) is 0 Å². The highest BCUT2D eigenvalue weighted by molar-refractivity contribution is 9.10. The minimum absolute atomic E-state index is 0.0480. The molecule has 0 aliphatic rings. The standard InChI is InChI=1S/C14H19BrN2O3S/c1-3-10(8-18)16-14(21)17-13(19)11-7-9(15)5-6-12(11)20-4-2/h5-7,10,18H,3-4,8H2,1-2H3,(H2,16,17,19,21). The molecular formula is C14H19BrN2O3S. The van der Waals surface area contributed by atoms with Gasteiger partial charge in [-0.3, -0.25) is 10.1 Å². The number of halogens is 1. The third-order valence-corrected chi connectivity index (χ3v) is 3.47. The molecule has 0 spiro atoms. The van der Waals surface area contributed by atoms with E-state index in [-0.39, 0.29) is 23.7 Å². The van der Waals surface area contributed by atoms with Gasteiger partial charge in [-0.1, -0.05) is 22.9 Å². The number of carbonyl (C=O) groups excluding carboxylic acids is 1. The summed E-state index contributed by atoms with van der Waals surface area (Å²) in [5.74, 6) is 0.139. The summed E-state index contributed by atoms with van der Waals surface area (Å²) in [7, 11) is 0. The zero-order valence-corrected chi connectivity index (χ0v) is 14.4. The SMILES string of the molecule is CCOc1ccc(Br)cc1C(=O)NC(=S)NC(CC)CO. The van der Waals surface area contributed by atoms with E-state index in [0.717, 1.165) is 4.47 Å². The fourth-order valence-electron chi connectivity index (χ4n) is 1.63. The zero-order chi connectivity index (χ0) is 15.8. The number of aliphatic hydroxyl groups is 1. The number of hydrogen-bond donors (Lipinski definition) is 3. The Morgan fingerprint density at radius 1 is 1.48 bits per heavy atom. The molecular weight excluding hydrogens is 356 g/mol. The summed E-state index contributed by atoms with van der Waals surface area (Å²) in [4.78, 5) is 12.3. The van der Waals surface area contributed by atoms with Crippen LogP contribution < -0.4 is 15.4 Å².